The summed E-state index contributed by atoms with van der Waals surface area (Å²) in [6.45, 7) is 2.38. The molecule has 0 atom stereocenters. The Hall–Kier alpha value is -4.79. The average molecular weight is 632 g/mol. The second-order valence-corrected chi connectivity index (χ2v) is 10.4. The highest BCUT2D eigenvalue weighted by Crippen LogP contribution is 2.30. The number of halogens is 1. The molecule has 0 fully saturated rings. The van der Waals surface area contributed by atoms with Gasteiger partial charge in [0.1, 0.15) is 18.1 Å². The number of unbranched alkanes of at least 4 members (excludes halogenated alkanes) is 1. The van der Waals surface area contributed by atoms with Gasteiger partial charge in [0, 0.05) is 18.5 Å². The lowest BCUT2D eigenvalue weighted by atomic mass is 9.98. The molecule has 14 heteroatoms. The van der Waals surface area contributed by atoms with E-state index in [4.69, 9.17) is 26.8 Å². The smallest absolute Gasteiger partial charge is 0.442 e. The van der Waals surface area contributed by atoms with Crippen LogP contribution in [0.2, 0.25) is 5.15 Å². The number of aldehydes is 1. The Morgan fingerprint density at radius 3 is 2.42 bits per heavy atom. The van der Waals surface area contributed by atoms with Crippen LogP contribution in [0.3, 0.4) is 0 Å². The molecule has 2 aromatic heterocycles. The molecule has 2 N–H and O–H groups in total. The average Bonchev–Trinajstić information content (AvgIpc) is 3.66. The van der Waals surface area contributed by atoms with Crippen molar-refractivity contribution in [2.24, 2.45) is 0 Å². The molecule has 0 bridgehead atoms. The number of hydrogen-bond donors (Lipinski definition) is 2. The van der Waals surface area contributed by atoms with Crippen molar-refractivity contribution in [1.82, 2.24) is 35.1 Å². The predicted octanol–water partition coefficient (Wildman–Crippen LogP) is 5.76. The molecule has 0 aliphatic rings. The van der Waals surface area contributed by atoms with E-state index in [9.17, 15) is 9.59 Å². The lowest BCUT2D eigenvalue weighted by Gasteiger charge is -2.11. The summed E-state index contributed by atoms with van der Waals surface area (Å²) in [5.74, 6) is 1.03. The molecule has 232 valence electrons. The lowest BCUT2D eigenvalue weighted by molar-refractivity contribution is -0.497. The third-order valence-electron chi connectivity index (χ3n) is 6.96. The van der Waals surface area contributed by atoms with E-state index in [1.807, 2.05) is 53.1 Å². The van der Waals surface area contributed by atoms with Gasteiger partial charge in [0.2, 0.25) is 5.82 Å². The second kappa shape index (κ2) is 14.8. The summed E-state index contributed by atoms with van der Waals surface area (Å²) in [4.78, 5) is 34.2. The number of ether oxygens (including phenoxy) is 1. The van der Waals surface area contributed by atoms with E-state index in [0.29, 0.717) is 28.9 Å². The van der Waals surface area contributed by atoms with Crippen LogP contribution < -0.4 is 0 Å². The normalized spacial score (nSPS) is 11.2. The monoisotopic (exact) mass is 631 g/mol. The highest BCUT2D eigenvalue weighted by Gasteiger charge is 2.18. The molecular weight excluding hydrogens is 602 g/mol. The van der Waals surface area contributed by atoms with Gasteiger partial charge in [-0.25, -0.2) is 14.6 Å². The summed E-state index contributed by atoms with van der Waals surface area (Å²) in [5.41, 5.74) is 5.03. The van der Waals surface area contributed by atoms with Crippen molar-refractivity contribution < 1.29 is 29.6 Å². The van der Waals surface area contributed by atoms with Crippen LogP contribution in [0.1, 0.15) is 52.8 Å². The minimum atomic E-state index is -0.818. The van der Waals surface area contributed by atoms with Crippen LogP contribution in [-0.4, -0.2) is 57.9 Å². The third-order valence-corrected chi connectivity index (χ3v) is 7.24. The number of aryl methyl sites for hydroxylation is 1. The van der Waals surface area contributed by atoms with E-state index in [2.05, 4.69) is 32.2 Å². The Kier molecular flexibility index (Phi) is 10.4. The van der Waals surface area contributed by atoms with E-state index < -0.39 is 6.09 Å². The number of carbonyl (C=O) groups is 2. The first-order valence-electron chi connectivity index (χ1n) is 14.1. The third kappa shape index (κ3) is 7.84. The van der Waals surface area contributed by atoms with E-state index in [1.54, 1.807) is 24.3 Å². The Labute approximate surface area is 263 Å². The maximum Gasteiger partial charge on any atom is 0.454 e. The van der Waals surface area contributed by atoms with Gasteiger partial charge in [-0.3, -0.25) is 15.2 Å². The van der Waals surface area contributed by atoms with Crippen LogP contribution in [0.5, 0.6) is 0 Å². The zero-order valence-electron chi connectivity index (χ0n) is 24.3. The largest absolute Gasteiger partial charge is 0.454 e. The van der Waals surface area contributed by atoms with Crippen molar-refractivity contribution in [2.75, 3.05) is 0 Å². The maximum absolute atomic E-state index is 12.7. The van der Waals surface area contributed by atoms with Gasteiger partial charge in [-0.05, 0) is 39.5 Å². The standard InChI is InChI=1S/C31H30ClN7O6/c1-2-3-11-28-33-29(32)27(18-40)37(28)17-21-12-14-24(15-13-21)25-9-4-5-10-26(25)30-34-36-38(35-30)31(41)44-19-22-7-6-8-23(16-22)20-45-39(42)43/h4-10,12-16,18,42-43H,2-3,11,17,19-20H2,1H3. The van der Waals surface area contributed by atoms with E-state index in [1.165, 1.54) is 0 Å². The molecule has 3 aromatic carbocycles. The summed E-state index contributed by atoms with van der Waals surface area (Å²) >= 11 is 6.24. The molecule has 0 aliphatic carbocycles. The number of benzene rings is 3. The van der Waals surface area contributed by atoms with Gasteiger partial charge >= 0.3 is 6.09 Å². The molecule has 0 radical (unpaired) electrons. The Bertz CT molecular complexity index is 1770. The molecule has 0 saturated carbocycles. The topological polar surface area (TPSA) is 158 Å². The van der Waals surface area contributed by atoms with Gasteiger partial charge in [-0.2, -0.15) is 0 Å². The molecule has 45 heavy (non-hydrogen) atoms. The molecule has 2 heterocycles. The van der Waals surface area contributed by atoms with Gasteiger partial charge in [-0.1, -0.05) is 103 Å². The van der Waals surface area contributed by atoms with Crippen molar-refractivity contribution >= 4 is 24.0 Å². The van der Waals surface area contributed by atoms with Crippen molar-refractivity contribution in [3.05, 3.63) is 106 Å². The molecule has 0 aliphatic heterocycles. The molecule has 0 unspecified atom stereocenters. The van der Waals surface area contributed by atoms with Gasteiger partial charge in [0.15, 0.2) is 11.4 Å². The maximum atomic E-state index is 12.7. The highest BCUT2D eigenvalue weighted by atomic mass is 35.5. The van der Waals surface area contributed by atoms with Crippen LogP contribution >= 0.6 is 11.6 Å². The highest BCUT2D eigenvalue weighted by molar-refractivity contribution is 6.31. The molecular formula is C31H30ClN7O6. The summed E-state index contributed by atoms with van der Waals surface area (Å²) in [6, 6.07) is 22.3. The fourth-order valence-corrected chi connectivity index (χ4v) is 4.99. The minimum Gasteiger partial charge on any atom is -0.442 e. The number of hydrogen-bond acceptors (Lipinski definition) is 11. The fourth-order valence-electron chi connectivity index (χ4n) is 4.74. The zero-order valence-corrected chi connectivity index (χ0v) is 25.0. The van der Waals surface area contributed by atoms with E-state index in [-0.39, 0.29) is 29.6 Å². The van der Waals surface area contributed by atoms with Gasteiger partial charge in [0.25, 0.3) is 0 Å². The molecule has 5 aromatic rings. The summed E-state index contributed by atoms with van der Waals surface area (Å²) in [7, 11) is 0. The van der Waals surface area contributed by atoms with Crippen LogP contribution in [0, 0.1) is 0 Å². The number of aromatic nitrogens is 6. The Morgan fingerprint density at radius 1 is 0.978 bits per heavy atom. The first-order chi connectivity index (χ1) is 21.9. The minimum absolute atomic E-state index is 0.0752. The fraction of sp³-hybridized carbons (Fsp3) is 0.226. The number of tetrazole rings is 1. The number of imidazole rings is 1. The zero-order chi connectivity index (χ0) is 31.8. The summed E-state index contributed by atoms with van der Waals surface area (Å²) in [6.07, 6.45) is 2.60. The first-order valence-corrected chi connectivity index (χ1v) is 14.5. The van der Waals surface area contributed by atoms with Gasteiger partial charge in [-0.15, -0.1) is 10.2 Å². The summed E-state index contributed by atoms with van der Waals surface area (Å²) in [5, 5.41) is 29.5. The predicted molar refractivity (Wildman–Crippen MR) is 161 cm³/mol. The molecule has 13 nitrogen and oxygen atoms in total. The van der Waals surface area contributed by atoms with Crippen molar-refractivity contribution in [3.8, 4) is 22.5 Å². The van der Waals surface area contributed by atoms with Gasteiger partial charge in [0.05, 0.1) is 12.0 Å². The van der Waals surface area contributed by atoms with Crippen LogP contribution in [0.25, 0.3) is 22.5 Å². The summed E-state index contributed by atoms with van der Waals surface area (Å²) < 4.78 is 7.20. The first kappa shape index (κ1) is 31.6. The lowest BCUT2D eigenvalue weighted by Crippen LogP contribution is -2.17. The number of rotatable bonds is 13. The quantitative estimate of drug-likeness (QED) is 0.120. The van der Waals surface area contributed by atoms with E-state index in [0.717, 1.165) is 52.9 Å². The molecule has 0 saturated heterocycles. The van der Waals surface area contributed by atoms with Crippen molar-refractivity contribution in [1.29, 1.82) is 0 Å². The Morgan fingerprint density at radius 2 is 1.71 bits per heavy atom. The van der Waals surface area contributed by atoms with Crippen LogP contribution in [0.15, 0.2) is 72.8 Å². The SMILES string of the molecule is CCCCc1nc(Cl)c(C=O)n1Cc1ccc(-c2ccccc2-c2nnn(C(=O)OCc3cccc(CON(O)O)c3)n2)cc1. The van der Waals surface area contributed by atoms with E-state index >= 15 is 0 Å². The molecule has 0 amide bonds. The number of nitrogens with zero attached hydrogens (tertiary/aromatic N) is 7. The van der Waals surface area contributed by atoms with Crippen LogP contribution in [-0.2, 0) is 35.8 Å². The van der Waals surface area contributed by atoms with Gasteiger partial charge < -0.3 is 9.30 Å². The molecule has 0 spiro atoms. The second-order valence-electron chi connectivity index (χ2n) is 10.1. The number of carbonyl (C=O) groups excluding carboxylic acids is 2. The van der Waals surface area contributed by atoms with Crippen molar-refractivity contribution in [2.45, 2.75) is 45.9 Å². The molecule has 5 rings (SSSR count). The Balaban J connectivity index is 1.29. The van der Waals surface area contributed by atoms with Crippen molar-refractivity contribution in [3.63, 3.8) is 0 Å². The van der Waals surface area contributed by atoms with Crippen LogP contribution in [0.4, 0.5) is 4.79 Å².